The maximum atomic E-state index is 5.42. The number of ether oxygens (including phenoxy) is 1. The normalized spacial score (nSPS) is 11.9. The van der Waals surface area contributed by atoms with Crippen LogP contribution in [0.15, 0.2) is 24.3 Å². The van der Waals surface area contributed by atoms with Gasteiger partial charge in [-0.3, -0.25) is 5.10 Å². The third-order valence-electron chi connectivity index (χ3n) is 3.62. The van der Waals surface area contributed by atoms with Crippen molar-refractivity contribution in [2.75, 3.05) is 7.11 Å². The second kappa shape index (κ2) is 5.09. The summed E-state index contributed by atoms with van der Waals surface area (Å²) in [4.78, 5) is 9.24. The van der Waals surface area contributed by atoms with Gasteiger partial charge in [0.1, 0.15) is 17.1 Å². The molecule has 1 aromatic carbocycles. The Morgan fingerprint density at radius 2 is 1.82 bits per heavy atom. The number of rotatable bonds is 2. The summed E-state index contributed by atoms with van der Waals surface area (Å²) >= 11 is 0. The molecule has 0 atom stereocenters. The Balaban J connectivity index is 2.21. The molecule has 0 fully saturated rings. The highest BCUT2D eigenvalue weighted by Crippen LogP contribution is 2.32. The smallest absolute Gasteiger partial charge is 0.181 e. The average Bonchev–Trinajstić information content (AvgIpc) is 2.95. The van der Waals surface area contributed by atoms with Gasteiger partial charge in [0, 0.05) is 22.1 Å². The molecule has 0 amide bonds. The minimum absolute atomic E-state index is 0.0671. The molecule has 114 valence electrons. The number of aryl methyl sites for hydroxylation is 1. The quantitative estimate of drug-likeness (QED) is 0.784. The van der Waals surface area contributed by atoms with E-state index in [1.54, 1.807) is 7.11 Å². The Bertz CT molecular complexity index is 830. The molecule has 0 aliphatic heterocycles. The predicted molar refractivity (Wildman–Crippen MR) is 87.1 cm³/mol. The molecule has 0 aliphatic rings. The Morgan fingerprint density at radius 1 is 1.05 bits per heavy atom. The van der Waals surface area contributed by atoms with E-state index in [4.69, 9.17) is 4.74 Å². The van der Waals surface area contributed by atoms with E-state index in [2.05, 4.69) is 40.9 Å². The molecule has 0 saturated heterocycles. The van der Waals surface area contributed by atoms with Crippen LogP contribution >= 0.6 is 0 Å². The molecule has 0 unspecified atom stereocenters. The van der Waals surface area contributed by atoms with Crippen molar-refractivity contribution in [1.82, 2.24) is 20.2 Å². The largest absolute Gasteiger partial charge is 0.494 e. The predicted octanol–water partition coefficient (Wildman–Crippen LogP) is 3.63. The Hall–Kier alpha value is -2.43. The lowest BCUT2D eigenvalue weighted by Gasteiger charge is -2.13. The van der Waals surface area contributed by atoms with E-state index in [-0.39, 0.29) is 5.41 Å². The van der Waals surface area contributed by atoms with Gasteiger partial charge in [-0.15, -0.1) is 0 Å². The Kier molecular flexibility index (Phi) is 3.35. The summed E-state index contributed by atoms with van der Waals surface area (Å²) in [7, 11) is 1.66. The van der Waals surface area contributed by atoms with E-state index in [1.807, 2.05) is 31.2 Å². The molecule has 22 heavy (non-hydrogen) atoms. The number of hydrogen-bond donors (Lipinski definition) is 1. The highest BCUT2D eigenvalue weighted by atomic mass is 16.5. The third kappa shape index (κ3) is 2.43. The van der Waals surface area contributed by atoms with Crippen LogP contribution < -0.4 is 4.74 Å². The number of benzene rings is 1. The molecule has 0 saturated carbocycles. The number of nitrogens with zero attached hydrogens (tertiary/aromatic N) is 3. The summed E-state index contributed by atoms with van der Waals surface area (Å²) in [5, 5.41) is 8.40. The zero-order valence-electron chi connectivity index (χ0n) is 13.6. The van der Waals surface area contributed by atoms with Crippen LogP contribution in [0.25, 0.3) is 22.3 Å². The van der Waals surface area contributed by atoms with Crippen LogP contribution in [0.3, 0.4) is 0 Å². The monoisotopic (exact) mass is 296 g/mol. The highest BCUT2D eigenvalue weighted by molar-refractivity contribution is 5.96. The molecule has 3 aromatic rings. The molecule has 3 rings (SSSR count). The minimum Gasteiger partial charge on any atom is -0.494 e. The highest BCUT2D eigenvalue weighted by Gasteiger charge is 2.20. The summed E-state index contributed by atoms with van der Waals surface area (Å²) in [5.41, 5.74) is 2.67. The SMILES string of the molecule is COc1ccc(-c2n[nH]c(C(C)(C)C)n2)c2ccc(C)nc12. The van der Waals surface area contributed by atoms with Gasteiger partial charge in [0.25, 0.3) is 0 Å². The van der Waals surface area contributed by atoms with Gasteiger partial charge in [-0.1, -0.05) is 26.8 Å². The van der Waals surface area contributed by atoms with Gasteiger partial charge < -0.3 is 4.74 Å². The van der Waals surface area contributed by atoms with Gasteiger partial charge in [0.2, 0.25) is 0 Å². The lowest BCUT2D eigenvalue weighted by molar-refractivity contribution is 0.419. The van der Waals surface area contributed by atoms with Crippen LogP contribution in [-0.4, -0.2) is 27.3 Å². The van der Waals surface area contributed by atoms with Crippen LogP contribution in [0.5, 0.6) is 5.75 Å². The van der Waals surface area contributed by atoms with E-state index in [9.17, 15) is 0 Å². The zero-order valence-corrected chi connectivity index (χ0v) is 13.6. The van der Waals surface area contributed by atoms with Crippen molar-refractivity contribution >= 4 is 10.9 Å². The summed E-state index contributed by atoms with van der Waals surface area (Å²) in [5.74, 6) is 2.31. The molecule has 0 spiro atoms. The van der Waals surface area contributed by atoms with Crippen molar-refractivity contribution in [2.45, 2.75) is 33.1 Å². The number of fused-ring (bicyclic) bond motifs is 1. The first-order valence-electron chi connectivity index (χ1n) is 7.28. The third-order valence-corrected chi connectivity index (χ3v) is 3.62. The first-order chi connectivity index (χ1) is 10.4. The number of methoxy groups -OCH3 is 1. The van der Waals surface area contributed by atoms with Crippen LogP contribution in [0.1, 0.15) is 32.3 Å². The summed E-state index contributed by atoms with van der Waals surface area (Å²) < 4.78 is 5.42. The van der Waals surface area contributed by atoms with Gasteiger partial charge in [-0.2, -0.15) is 5.10 Å². The van der Waals surface area contributed by atoms with Crippen molar-refractivity contribution in [2.24, 2.45) is 0 Å². The van der Waals surface area contributed by atoms with E-state index >= 15 is 0 Å². The summed E-state index contributed by atoms with van der Waals surface area (Å²) in [6.07, 6.45) is 0. The molecule has 0 radical (unpaired) electrons. The van der Waals surface area contributed by atoms with Gasteiger partial charge in [-0.25, -0.2) is 9.97 Å². The van der Waals surface area contributed by atoms with Crippen LogP contribution in [0, 0.1) is 6.92 Å². The minimum atomic E-state index is -0.0671. The first-order valence-corrected chi connectivity index (χ1v) is 7.28. The number of nitrogens with one attached hydrogen (secondary N) is 1. The van der Waals surface area contributed by atoms with Crippen molar-refractivity contribution in [3.05, 3.63) is 35.8 Å². The fourth-order valence-electron chi connectivity index (χ4n) is 2.37. The lowest BCUT2D eigenvalue weighted by atomic mass is 9.96. The maximum absolute atomic E-state index is 5.42. The van der Waals surface area contributed by atoms with Crippen molar-refractivity contribution < 1.29 is 4.74 Å². The fourth-order valence-corrected chi connectivity index (χ4v) is 2.37. The van der Waals surface area contributed by atoms with E-state index in [1.165, 1.54) is 0 Å². The van der Waals surface area contributed by atoms with Crippen molar-refractivity contribution in [3.8, 4) is 17.1 Å². The van der Waals surface area contributed by atoms with Crippen LogP contribution in [0.4, 0.5) is 0 Å². The second-order valence-corrected chi connectivity index (χ2v) is 6.42. The number of pyridine rings is 1. The summed E-state index contributed by atoms with van der Waals surface area (Å²) in [6, 6.07) is 7.93. The van der Waals surface area contributed by atoms with Crippen LogP contribution in [-0.2, 0) is 5.41 Å². The number of aromatic amines is 1. The van der Waals surface area contributed by atoms with Gasteiger partial charge in [0.15, 0.2) is 5.82 Å². The molecule has 2 heterocycles. The molecule has 5 heteroatoms. The van der Waals surface area contributed by atoms with E-state index < -0.39 is 0 Å². The van der Waals surface area contributed by atoms with E-state index in [0.717, 1.165) is 33.7 Å². The van der Waals surface area contributed by atoms with E-state index in [0.29, 0.717) is 5.82 Å². The molecule has 5 nitrogen and oxygen atoms in total. The zero-order chi connectivity index (χ0) is 15.9. The van der Waals surface area contributed by atoms with Crippen molar-refractivity contribution in [1.29, 1.82) is 0 Å². The van der Waals surface area contributed by atoms with Crippen molar-refractivity contribution in [3.63, 3.8) is 0 Å². The molecule has 0 bridgehead atoms. The molecule has 0 aliphatic carbocycles. The molecule has 1 N–H and O–H groups in total. The van der Waals surface area contributed by atoms with Gasteiger partial charge >= 0.3 is 0 Å². The summed E-state index contributed by atoms with van der Waals surface area (Å²) in [6.45, 7) is 8.28. The van der Waals surface area contributed by atoms with Gasteiger partial charge in [-0.05, 0) is 25.1 Å². The number of hydrogen-bond acceptors (Lipinski definition) is 4. The number of H-pyrrole nitrogens is 1. The lowest BCUT2D eigenvalue weighted by Crippen LogP contribution is -2.13. The molecular formula is C17H20N4O. The Labute approximate surface area is 129 Å². The second-order valence-electron chi connectivity index (χ2n) is 6.42. The molecule has 2 aromatic heterocycles. The number of aromatic nitrogens is 4. The standard InChI is InChI=1S/C17H20N4O/c1-10-6-7-11-12(8-9-13(22-5)14(11)18-10)15-19-16(21-20-15)17(2,3)4/h6-9H,1-5H3,(H,19,20,21). The molecular weight excluding hydrogens is 276 g/mol. The topological polar surface area (TPSA) is 63.7 Å². The maximum Gasteiger partial charge on any atom is 0.181 e. The first kappa shape index (κ1) is 14.5. The average molecular weight is 296 g/mol. The fraction of sp³-hybridized carbons (Fsp3) is 0.353. The Morgan fingerprint density at radius 3 is 2.45 bits per heavy atom. The van der Waals surface area contributed by atoms with Crippen LogP contribution in [0.2, 0.25) is 0 Å². The van der Waals surface area contributed by atoms with Gasteiger partial charge in [0.05, 0.1) is 7.11 Å².